The van der Waals surface area contributed by atoms with E-state index in [2.05, 4.69) is 22.6 Å². The van der Waals surface area contributed by atoms with Gasteiger partial charge >= 0.3 is 6.18 Å². The Morgan fingerprint density at radius 3 is 2.37 bits per heavy atom. The molecule has 2 aromatic rings. The van der Waals surface area contributed by atoms with Gasteiger partial charge in [-0.25, -0.2) is 0 Å². The zero-order valence-corrected chi connectivity index (χ0v) is 11.7. The summed E-state index contributed by atoms with van der Waals surface area (Å²) in [6, 6.07) is 10.2. The second-order valence-corrected chi connectivity index (χ2v) is 5.09. The van der Waals surface area contributed by atoms with Gasteiger partial charge in [-0.2, -0.15) is 13.2 Å². The first-order chi connectivity index (χ1) is 8.84. The second kappa shape index (κ2) is 5.28. The van der Waals surface area contributed by atoms with Crippen LogP contribution in [0.1, 0.15) is 5.56 Å². The van der Waals surface area contributed by atoms with Crippen molar-refractivity contribution in [3.05, 3.63) is 51.6 Å². The van der Waals surface area contributed by atoms with Crippen molar-refractivity contribution in [2.75, 3.05) is 5.73 Å². The van der Waals surface area contributed by atoms with Gasteiger partial charge in [-0.1, -0.05) is 6.07 Å². The molecule has 0 amide bonds. The highest BCUT2D eigenvalue weighted by atomic mass is 127. The van der Waals surface area contributed by atoms with Crippen LogP contribution < -0.4 is 10.5 Å². The number of alkyl halides is 3. The maximum absolute atomic E-state index is 12.6. The van der Waals surface area contributed by atoms with Gasteiger partial charge < -0.3 is 10.5 Å². The molecule has 0 radical (unpaired) electrons. The van der Waals surface area contributed by atoms with Gasteiger partial charge in [0.05, 0.1) is 5.56 Å². The Bertz CT molecular complexity index is 599. The van der Waals surface area contributed by atoms with Crippen molar-refractivity contribution < 1.29 is 17.9 Å². The van der Waals surface area contributed by atoms with Crippen LogP contribution in [0.4, 0.5) is 18.9 Å². The zero-order chi connectivity index (χ0) is 14.0. The predicted octanol–water partition coefficient (Wildman–Crippen LogP) is 4.68. The van der Waals surface area contributed by atoms with Crippen molar-refractivity contribution in [3.8, 4) is 11.5 Å². The summed E-state index contributed by atoms with van der Waals surface area (Å²) in [4.78, 5) is 0. The normalized spacial score (nSPS) is 11.4. The molecular weight excluding hydrogens is 370 g/mol. The molecule has 0 spiro atoms. The quantitative estimate of drug-likeness (QED) is 0.607. The maximum Gasteiger partial charge on any atom is 0.416 e. The van der Waals surface area contributed by atoms with E-state index in [0.717, 1.165) is 15.7 Å². The molecule has 0 saturated carbocycles. The van der Waals surface area contributed by atoms with Gasteiger partial charge in [0.1, 0.15) is 11.5 Å². The lowest BCUT2D eigenvalue weighted by Gasteiger charge is -2.11. The molecule has 0 bridgehead atoms. The minimum atomic E-state index is -4.45. The SMILES string of the molecule is Nc1cc(Oc2cccc(I)c2)cc(C(F)(F)F)c1. The van der Waals surface area contributed by atoms with E-state index >= 15 is 0 Å². The number of ether oxygens (including phenoxy) is 1. The molecule has 0 heterocycles. The van der Waals surface area contributed by atoms with Crippen molar-refractivity contribution in [2.45, 2.75) is 6.18 Å². The molecule has 0 aliphatic heterocycles. The number of halogens is 4. The van der Waals surface area contributed by atoms with E-state index in [1.54, 1.807) is 18.2 Å². The smallest absolute Gasteiger partial charge is 0.416 e. The van der Waals surface area contributed by atoms with Gasteiger partial charge in [0.25, 0.3) is 0 Å². The van der Waals surface area contributed by atoms with Gasteiger partial charge in [-0.05, 0) is 52.9 Å². The lowest BCUT2D eigenvalue weighted by atomic mass is 10.2. The number of nitrogens with two attached hydrogens (primary N) is 1. The molecule has 0 aromatic heterocycles. The molecule has 19 heavy (non-hydrogen) atoms. The van der Waals surface area contributed by atoms with Crippen LogP contribution in [-0.2, 0) is 6.18 Å². The number of benzene rings is 2. The molecule has 0 saturated heterocycles. The molecule has 2 nitrogen and oxygen atoms in total. The van der Waals surface area contributed by atoms with E-state index < -0.39 is 11.7 Å². The number of hydrogen-bond donors (Lipinski definition) is 1. The molecule has 0 atom stereocenters. The Balaban J connectivity index is 2.33. The molecule has 0 unspecified atom stereocenters. The minimum Gasteiger partial charge on any atom is -0.457 e. The molecule has 2 rings (SSSR count). The third kappa shape index (κ3) is 3.76. The summed E-state index contributed by atoms with van der Waals surface area (Å²) >= 11 is 2.09. The maximum atomic E-state index is 12.6. The Morgan fingerprint density at radius 2 is 1.74 bits per heavy atom. The van der Waals surface area contributed by atoms with E-state index in [-0.39, 0.29) is 11.4 Å². The van der Waals surface area contributed by atoms with Crippen molar-refractivity contribution >= 4 is 28.3 Å². The first-order valence-corrected chi connectivity index (χ1v) is 6.34. The van der Waals surface area contributed by atoms with E-state index in [0.29, 0.717) is 5.75 Å². The summed E-state index contributed by atoms with van der Waals surface area (Å²) < 4.78 is 44.2. The average Bonchev–Trinajstić information content (AvgIpc) is 2.26. The Morgan fingerprint density at radius 1 is 1.00 bits per heavy atom. The summed E-state index contributed by atoms with van der Waals surface area (Å²) in [5.74, 6) is 0.528. The summed E-state index contributed by atoms with van der Waals surface area (Å²) in [7, 11) is 0. The average molecular weight is 379 g/mol. The third-order valence-electron chi connectivity index (χ3n) is 2.29. The fraction of sp³-hybridized carbons (Fsp3) is 0.0769. The van der Waals surface area contributed by atoms with Crippen LogP contribution >= 0.6 is 22.6 Å². The van der Waals surface area contributed by atoms with Gasteiger partial charge in [0.15, 0.2) is 0 Å². The van der Waals surface area contributed by atoms with E-state index in [9.17, 15) is 13.2 Å². The topological polar surface area (TPSA) is 35.2 Å². The number of hydrogen-bond acceptors (Lipinski definition) is 2. The van der Waals surface area contributed by atoms with Gasteiger partial charge in [0, 0.05) is 15.3 Å². The summed E-state index contributed by atoms with van der Waals surface area (Å²) in [6.07, 6.45) is -4.45. The van der Waals surface area contributed by atoms with Gasteiger partial charge in [-0.15, -0.1) is 0 Å². The lowest BCUT2D eigenvalue weighted by molar-refractivity contribution is -0.137. The first kappa shape index (κ1) is 14.0. The summed E-state index contributed by atoms with van der Waals surface area (Å²) in [6.45, 7) is 0. The standard InChI is InChI=1S/C13H9F3INO/c14-13(15,16)8-4-10(18)7-12(5-8)19-11-3-1-2-9(17)6-11/h1-7H,18H2. The molecule has 2 aromatic carbocycles. The van der Waals surface area contributed by atoms with Crippen LogP contribution in [0.3, 0.4) is 0 Å². The number of nitrogen functional groups attached to an aromatic ring is 1. The highest BCUT2D eigenvalue weighted by Crippen LogP contribution is 2.34. The van der Waals surface area contributed by atoms with Crippen LogP contribution in [0.15, 0.2) is 42.5 Å². The monoisotopic (exact) mass is 379 g/mol. The first-order valence-electron chi connectivity index (χ1n) is 5.26. The fourth-order valence-corrected chi connectivity index (χ4v) is 2.03. The fourth-order valence-electron chi connectivity index (χ4n) is 1.51. The second-order valence-electron chi connectivity index (χ2n) is 3.85. The van der Waals surface area contributed by atoms with Crippen LogP contribution in [0.2, 0.25) is 0 Å². The third-order valence-corrected chi connectivity index (χ3v) is 2.96. The molecule has 100 valence electrons. The largest absolute Gasteiger partial charge is 0.457 e. The van der Waals surface area contributed by atoms with Crippen molar-refractivity contribution in [3.63, 3.8) is 0 Å². The van der Waals surface area contributed by atoms with Gasteiger partial charge in [0.2, 0.25) is 0 Å². The molecule has 6 heteroatoms. The molecule has 0 aliphatic rings. The van der Waals surface area contributed by atoms with Crippen LogP contribution in [0.5, 0.6) is 11.5 Å². The van der Waals surface area contributed by atoms with Crippen LogP contribution in [0, 0.1) is 3.57 Å². The zero-order valence-electron chi connectivity index (χ0n) is 9.54. The molecule has 0 aliphatic carbocycles. The number of anilines is 1. The molecule has 0 fully saturated rings. The molecule has 2 N–H and O–H groups in total. The van der Waals surface area contributed by atoms with E-state index in [4.69, 9.17) is 10.5 Å². The minimum absolute atomic E-state index is 0.00968. The highest BCUT2D eigenvalue weighted by Gasteiger charge is 2.31. The van der Waals surface area contributed by atoms with Crippen molar-refractivity contribution in [1.29, 1.82) is 0 Å². The van der Waals surface area contributed by atoms with Gasteiger partial charge in [-0.3, -0.25) is 0 Å². The predicted molar refractivity (Wildman–Crippen MR) is 75.1 cm³/mol. The summed E-state index contributed by atoms with van der Waals surface area (Å²) in [5.41, 5.74) is 4.64. The van der Waals surface area contributed by atoms with Crippen LogP contribution in [-0.4, -0.2) is 0 Å². The lowest BCUT2D eigenvalue weighted by Crippen LogP contribution is -2.06. The van der Waals surface area contributed by atoms with Crippen molar-refractivity contribution in [2.24, 2.45) is 0 Å². The van der Waals surface area contributed by atoms with Crippen molar-refractivity contribution in [1.82, 2.24) is 0 Å². The molecular formula is C13H9F3INO. The highest BCUT2D eigenvalue weighted by molar-refractivity contribution is 14.1. The van der Waals surface area contributed by atoms with E-state index in [1.165, 1.54) is 6.07 Å². The Labute approximate surface area is 121 Å². The summed E-state index contributed by atoms with van der Waals surface area (Å²) in [5, 5.41) is 0. The Kier molecular flexibility index (Phi) is 3.88. The number of rotatable bonds is 2. The Hall–Kier alpha value is -1.44. The van der Waals surface area contributed by atoms with E-state index in [1.807, 2.05) is 6.07 Å². The van der Waals surface area contributed by atoms with Crippen LogP contribution in [0.25, 0.3) is 0 Å².